The zero-order valence-corrected chi connectivity index (χ0v) is 14.2. The maximum absolute atomic E-state index is 5.26. The van der Waals surface area contributed by atoms with Gasteiger partial charge in [-0.15, -0.1) is 0 Å². The minimum Gasteiger partial charge on any atom is -0.353 e. The lowest BCUT2D eigenvalue weighted by molar-refractivity contribution is 0.376. The van der Waals surface area contributed by atoms with E-state index in [1.54, 1.807) is 6.20 Å². The fraction of sp³-hybridized carbons (Fsp3) is 0.176. The summed E-state index contributed by atoms with van der Waals surface area (Å²) in [6.45, 7) is 4.34. The van der Waals surface area contributed by atoms with Crippen molar-refractivity contribution in [3.63, 3.8) is 0 Å². The van der Waals surface area contributed by atoms with Crippen molar-refractivity contribution < 1.29 is 4.52 Å². The molecule has 1 aromatic carbocycles. The van der Waals surface area contributed by atoms with Crippen molar-refractivity contribution in [1.29, 1.82) is 0 Å². The van der Waals surface area contributed by atoms with Crippen LogP contribution in [0.3, 0.4) is 0 Å². The Hall–Kier alpha value is -2.80. The van der Waals surface area contributed by atoms with Crippen LogP contribution in [0.5, 0.6) is 0 Å². The molecule has 3 aromatic rings. The van der Waals surface area contributed by atoms with Crippen LogP contribution in [0.15, 0.2) is 47.1 Å². The topological polar surface area (TPSA) is 75.9 Å². The molecule has 6 nitrogen and oxygen atoms in total. The summed E-state index contributed by atoms with van der Waals surface area (Å²) in [5.74, 6) is 1.75. The molecule has 0 spiro atoms. The summed E-state index contributed by atoms with van der Waals surface area (Å²) in [5, 5.41) is 10.5. The van der Waals surface area contributed by atoms with Crippen molar-refractivity contribution in [2.24, 2.45) is 0 Å². The fourth-order valence-electron chi connectivity index (χ4n) is 2.07. The predicted octanol–water partition coefficient (Wildman–Crippen LogP) is 3.24. The van der Waals surface area contributed by atoms with Gasteiger partial charge in [-0.1, -0.05) is 41.1 Å². The van der Waals surface area contributed by atoms with Crippen molar-refractivity contribution in [3.8, 4) is 11.4 Å². The largest absolute Gasteiger partial charge is 0.353 e. The molecular formula is C17H17N5OS. The molecule has 122 valence electrons. The van der Waals surface area contributed by atoms with E-state index in [0.717, 1.165) is 16.9 Å². The molecule has 2 N–H and O–H groups in total. The normalized spacial score (nSPS) is 10.4. The lowest BCUT2D eigenvalue weighted by Gasteiger charge is -2.09. The van der Waals surface area contributed by atoms with Gasteiger partial charge in [0.15, 0.2) is 5.11 Å². The summed E-state index contributed by atoms with van der Waals surface area (Å²) in [7, 11) is 0. The van der Waals surface area contributed by atoms with Crippen molar-refractivity contribution in [2.45, 2.75) is 20.4 Å². The van der Waals surface area contributed by atoms with Gasteiger partial charge in [-0.05, 0) is 37.7 Å². The smallest absolute Gasteiger partial charge is 0.246 e. The van der Waals surface area contributed by atoms with Crippen LogP contribution in [0.1, 0.15) is 17.0 Å². The van der Waals surface area contributed by atoms with Crippen molar-refractivity contribution in [1.82, 2.24) is 20.4 Å². The molecule has 0 bridgehead atoms. The number of pyridine rings is 1. The highest BCUT2D eigenvalue weighted by molar-refractivity contribution is 7.80. The SMILES string of the molecule is Cc1ccc(-c2noc(CNC(=S)Nc3ncccc3C)n2)cc1. The number of aryl methyl sites for hydroxylation is 2. The molecule has 0 saturated carbocycles. The number of hydrogen-bond acceptors (Lipinski definition) is 5. The van der Waals surface area contributed by atoms with Crippen LogP contribution in [-0.2, 0) is 6.54 Å². The third-order valence-corrected chi connectivity index (χ3v) is 3.67. The van der Waals surface area contributed by atoms with E-state index in [0.29, 0.717) is 23.4 Å². The first-order valence-corrected chi connectivity index (χ1v) is 7.89. The number of nitrogens with zero attached hydrogens (tertiary/aromatic N) is 3. The second-order valence-electron chi connectivity index (χ2n) is 5.35. The van der Waals surface area contributed by atoms with Crippen LogP contribution in [0, 0.1) is 13.8 Å². The first-order valence-electron chi connectivity index (χ1n) is 7.48. The summed E-state index contributed by atoms with van der Waals surface area (Å²) in [5.41, 5.74) is 3.12. The summed E-state index contributed by atoms with van der Waals surface area (Å²) in [4.78, 5) is 8.60. The summed E-state index contributed by atoms with van der Waals surface area (Å²) >= 11 is 5.26. The first-order chi connectivity index (χ1) is 11.6. The second-order valence-corrected chi connectivity index (χ2v) is 5.76. The minimum atomic E-state index is 0.344. The third kappa shape index (κ3) is 3.94. The third-order valence-electron chi connectivity index (χ3n) is 3.42. The van der Waals surface area contributed by atoms with Crippen LogP contribution in [-0.4, -0.2) is 20.2 Å². The number of aromatic nitrogens is 3. The molecule has 0 unspecified atom stereocenters. The van der Waals surface area contributed by atoms with E-state index in [1.807, 2.05) is 50.2 Å². The Morgan fingerprint density at radius 3 is 2.71 bits per heavy atom. The number of nitrogens with one attached hydrogen (secondary N) is 2. The van der Waals surface area contributed by atoms with Gasteiger partial charge in [0.25, 0.3) is 0 Å². The standard InChI is InChI=1S/C17H17N5OS/c1-11-5-7-13(8-6-11)16-20-14(23-22-16)10-19-17(24)21-15-12(2)4-3-9-18-15/h3-9H,10H2,1-2H3,(H2,18,19,21,24). The highest BCUT2D eigenvalue weighted by Crippen LogP contribution is 2.16. The van der Waals surface area contributed by atoms with E-state index >= 15 is 0 Å². The van der Waals surface area contributed by atoms with E-state index in [-0.39, 0.29) is 0 Å². The Labute approximate surface area is 145 Å². The number of hydrogen-bond donors (Lipinski definition) is 2. The molecule has 0 aliphatic carbocycles. The highest BCUT2D eigenvalue weighted by Gasteiger charge is 2.09. The Morgan fingerprint density at radius 1 is 1.17 bits per heavy atom. The zero-order chi connectivity index (χ0) is 16.9. The maximum atomic E-state index is 5.26. The van der Waals surface area contributed by atoms with Crippen molar-refractivity contribution >= 4 is 23.1 Å². The molecule has 0 aliphatic rings. The number of anilines is 1. The molecule has 0 amide bonds. The molecule has 7 heteroatoms. The van der Waals surface area contributed by atoms with Gasteiger partial charge in [-0.3, -0.25) is 0 Å². The molecule has 0 radical (unpaired) electrons. The lowest BCUT2D eigenvalue weighted by Crippen LogP contribution is -2.28. The average molecular weight is 339 g/mol. The number of rotatable bonds is 4. The van der Waals surface area contributed by atoms with E-state index in [4.69, 9.17) is 16.7 Å². The molecule has 2 heterocycles. The lowest BCUT2D eigenvalue weighted by atomic mass is 10.1. The molecule has 0 aliphatic heterocycles. The number of benzene rings is 1. The van der Waals surface area contributed by atoms with Gasteiger partial charge < -0.3 is 15.2 Å². The Kier molecular flexibility index (Phi) is 4.81. The van der Waals surface area contributed by atoms with Crippen LogP contribution in [0.25, 0.3) is 11.4 Å². The summed E-state index contributed by atoms with van der Waals surface area (Å²) < 4.78 is 5.25. The molecule has 0 atom stereocenters. The molecule has 0 fully saturated rings. The van der Waals surface area contributed by atoms with E-state index in [1.165, 1.54) is 5.56 Å². The maximum Gasteiger partial charge on any atom is 0.246 e. The predicted molar refractivity (Wildman–Crippen MR) is 96.5 cm³/mol. The van der Waals surface area contributed by atoms with Gasteiger partial charge in [-0.25, -0.2) is 4.98 Å². The van der Waals surface area contributed by atoms with E-state index < -0.39 is 0 Å². The molecular weight excluding hydrogens is 322 g/mol. The Balaban J connectivity index is 1.58. The summed E-state index contributed by atoms with van der Waals surface area (Å²) in [6.07, 6.45) is 1.71. The fourth-order valence-corrected chi connectivity index (χ4v) is 2.24. The monoisotopic (exact) mass is 339 g/mol. The van der Waals surface area contributed by atoms with Gasteiger partial charge >= 0.3 is 0 Å². The van der Waals surface area contributed by atoms with Crippen LogP contribution < -0.4 is 10.6 Å². The zero-order valence-electron chi connectivity index (χ0n) is 13.4. The van der Waals surface area contributed by atoms with E-state index in [2.05, 4.69) is 25.8 Å². The van der Waals surface area contributed by atoms with Gasteiger partial charge in [0, 0.05) is 11.8 Å². The molecule has 0 saturated heterocycles. The molecule has 3 rings (SSSR count). The average Bonchev–Trinajstić information content (AvgIpc) is 3.05. The minimum absolute atomic E-state index is 0.344. The van der Waals surface area contributed by atoms with Crippen molar-refractivity contribution in [3.05, 3.63) is 59.6 Å². The van der Waals surface area contributed by atoms with E-state index in [9.17, 15) is 0 Å². The first kappa shape index (κ1) is 16.1. The molecule has 24 heavy (non-hydrogen) atoms. The second kappa shape index (κ2) is 7.18. The van der Waals surface area contributed by atoms with Gasteiger partial charge in [-0.2, -0.15) is 4.98 Å². The van der Waals surface area contributed by atoms with Crippen molar-refractivity contribution in [2.75, 3.05) is 5.32 Å². The van der Waals surface area contributed by atoms with Crippen LogP contribution >= 0.6 is 12.2 Å². The Morgan fingerprint density at radius 2 is 1.96 bits per heavy atom. The Bertz CT molecular complexity index is 844. The van der Waals surface area contributed by atoms with Gasteiger partial charge in [0.2, 0.25) is 11.7 Å². The highest BCUT2D eigenvalue weighted by atomic mass is 32.1. The van der Waals surface area contributed by atoms with Crippen LogP contribution in [0.4, 0.5) is 5.82 Å². The van der Waals surface area contributed by atoms with Gasteiger partial charge in [0.05, 0.1) is 6.54 Å². The summed E-state index contributed by atoms with van der Waals surface area (Å²) in [6, 6.07) is 11.8. The number of thiocarbonyl (C=S) groups is 1. The molecule has 2 aromatic heterocycles. The van der Waals surface area contributed by atoms with Gasteiger partial charge in [0.1, 0.15) is 5.82 Å². The van der Waals surface area contributed by atoms with Crippen LogP contribution in [0.2, 0.25) is 0 Å². The quantitative estimate of drug-likeness (QED) is 0.707.